The molecule has 0 atom stereocenters. The van der Waals surface area contributed by atoms with Crippen LogP contribution in [0, 0.1) is 0 Å². The topological polar surface area (TPSA) is 124 Å². The molecule has 146 valence electrons. The van der Waals surface area contributed by atoms with Gasteiger partial charge >= 0.3 is 11.6 Å². The van der Waals surface area contributed by atoms with Gasteiger partial charge in [-0.15, -0.1) is 0 Å². The zero-order chi connectivity index (χ0) is 19.1. The molecule has 1 aliphatic carbocycles. The number of nitrogens with zero attached hydrogens (tertiary/aromatic N) is 5. The first-order chi connectivity index (χ1) is 13.7. The van der Waals surface area contributed by atoms with E-state index in [1.165, 1.54) is 6.07 Å². The summed E-state index contributed by atoms with van der Waals surface area (Å²) in [5, 5.41) is 28.1. The Morgan fingerprint density at radius 1 is 1.25 bits per heavy atom. The predicted molar refractivity (Wildman–Crippen MR) is 101 cm³/mol. The molecule has 3 aromatic rings. The summed E-state index contributed by atoms with van der Waals surface area (Å²) in [5.74, 6) is 0.455. The van der Waals surface area contributed by atoms with E-state index in [9.17, 15) is 10.2 Å². The lowest BCUT2D eigenvalue weighted by atomic mass is 10.2. The number of H-pyrrole nitrogens is 1. The van der Waals surface area contributed by atoms with Gasteiger partial charge in [-0.25, -0.2) is 0 Å². The molecule has 0 spiro atoms. The van der Waals surface area contributed by atoms with Gasteiger partial charge in [0.15, 0.2) is 11.8 Å². The van der Waals surface area contributed by atoms with Crippen LogP contribution in [0.2, 0.25) is 0 Å². The molecule has 4 N–H and O–H groups in total. The van der Waals surface area contributed by atoms with E-state index in [1.54, 1.807) is 16.8 Å². The summed E-state index contributed by atoms with van der Waals surface area (Å²) in [6, 6.07) is 1.87. The third kappa shape index (κ3) is 3.26. The fourth-order valence-electron chi connectivity index (χ4n) is 3.30. The standard InChI is InChI=1S/C18H21N7O3/c26-14-9-11(16(27)21-14)8-12-10-19-25-15(12)22-17(23-18(25)20-13-2-3-13)24-4-1-6-28-7-5-24/h8-10,13H,1-7H2,(H3,19,20,21,22,23,26,27)/p+1. The van der Waals surface area contributed by atoms with E-state index in [4.69, 9.17) is 14.7 Å². The third-order valence-corrected chi connectivity index (χ3v) is 4.92. The van der Waals surface area contributed by atoms with Crippen molar-refractivity contribution in [2.75, 3.05) is 31.6 Å². The lowest BCUT2D eigenvalue weighted by Crippen LogP contribution is -2.38. The summed E-state index contributed by atoms with van der Waals surface area (Å²) in [6.07, 6.45) is 6.58. The van der Waals surface area contributed by atoms with Crippen LogP contribution in [-0.4, -0.2) is 67.1 Å². The highest BCUT2D eigenvalue weighted by molar-refractivity contribution is 5.61. The van der Waals surface area contributed by atoms with Gasteiger partial charge in [-0.2, -0.15) is 9.61 Å². The molecule has 3 aromatic heterocycles. The number of rotatable bonds is 3. The van der Waals surface area contributed by atoms with Crippen LogP contribution < -0.4 is 20.7 Å². The number of hydrogen-bond acceptors (Lipinski definition) is 7. The Bertz CT molecular complexity index is 1140. The van der Waals surface area contributed by atoms with Crippen LogP contribution in [0.25, 0.3) is 11.7 Å². The average Bonchev–Trinajstić information content (AvgIpc) is 3.39. The number of aromatic amines is 1. The molecular weight excluding hydrogens is 362 g/mol. The number of nitrogens with one attached hydrogen (secondary N) is 2. The van der Waals surface area contributed by atoms with Gasteiger partial charge in [0.25, 0.3) is 0 Å². The molecule has 0 aromatic carbocycles. The zero-order valence-electron chi connectivity index (χ0n) is 15.3. The summed E-state index contributed by atoms with van der Waals surface area (Å²) in [4.78, 5) is 12.0. The Hall–Kier alpha value is -3.14. The van der Waals surface area contributed by atoms with Crippen molar-refractivity contribution < 1.29 is 14.9 Å². The van der Waals surface area contributed by atoms with Gasteiger partial charge in [0.05, 0.1) is 31.1 Å². The van der Waals surface area contributed by atoms with E-state index >= 15 is 0 Å². The third-order valence-electron chi connectivity index (χ3n) is 4.92. The largest absolute Gasteiger partial charge is 0.494 e. The van der Waals surface area contributed by atoms with E-state index in [0.29, 0.717) is 35.4 Å². The Morgan fingerprint density at radius 2 is 2.14 bits per heavy atom. The molecule has 10 heteroatoms. The monoisotopic (exact) mass is 384 g/mol. The molecule has 0 bridgehead atoms. The second-order valence-corrected chi connectivity index (χ2v) is 7.16. The minimum absolute atomic E-state index is 0.101. The van der Waals surface area contributed by atoms with Gasteiger partial charge in [0.1, 0.15) is 0 Å². The SMILES string of the molecule is Oc1cc(C=c2cnn3c(NC4CC4)nc(=[N+]4CCCOCC4)nc23)c(O)[nH]1. The lowest BCUT2D eigenvalue weighted by Gasteiger charge is -2.03. The van der Waals surface area contributed by atoms with Gasteiger partial charge in [-0.1, -0.05) is 0 Å². The summed E-state index contributed by atoms with van der Waals surface area (Å²) in [5.41, 5.74) is 1.74. The van der Waals surface area contributed by atoms with Crippen LogP contribution in [0.4, 0.5) is 5.95 Å². The first kappa shape index (κ1) is 17.0. The maximum absolute atomic E-state index is 9.93. The van der Waals surface area contributed by atoms with Crippen LogP contribution in [0.15, 0.2) is 12.3 Å². The molecule has 2 aliphatic rings. The lowest BCUT2D eigenvalue weighted by molar-refractivity contribution is 0.150. The van der Waals surface area contributed by atoms with E-state index < -0.39 is 0 Å². The number of hydrogen-bond donors (Lipinski definition) is 4. The van der Waals surface area contributed by atoms with Crippen LogP contribution in [-0.2, 0) is 4.74 Å². The molecule has 2 fully saturated rings. The van der Waals surface area contributed by atoms with E-state index in [1.807, 2.05) is 0 Å². The first-order valence-corrected chi connectivity index (χ1v) is 9.48. The fourth-order valence-corrected chi connectivity index (χ4v) is 3.30. The molecule has 1 saturated carbocycles. The van der Waals surface area contributed by atoms with Crippen molar-refractivity contribution in [2.24, 2.45) is 0 Å². The van der Waals surface area contributed by atoms with Crippen molar-refractivity contribution in [1.29, 1.82) is 0 Å². The van der Waals surface area contributed by atoms with Crippen molar-refractivity contribution in [3.8, 4) is 11.8 Å². The van der Waals surface area contributed by atoms with Gasteiger partial charge in [-0.3, -0.25) is 9.56 Å². The minimum Gasteiger partial charge on any atom is -0.494 e. The highest BCUT2D eigenvalue weighted by atomic mass is 16.5. The highest BCUT2D eigenvalue weighted by Crippen LogP contribution is 2.23. The van der Waals surface area contributed by atoms with E-state index in [0.717, 1.165) is 44.2 Å². The van der Waals surface area contributed by atoms with Crippen molar-refractivity contribution in [2.45, 2.75) is 25.3 Å². The molecule has 1 saturated heterocycles. The van der Waals surface area contributed by atoms with Crippen molar-refractivity contribution in [3.63, 3.8) is 0 Å². The van der Waals surface area contributed by atoms with Gasteiger partial charge in [0.2, 0.25) is 5.65 Å². The fraction of sp³-hybridized carbons (Fsp3) is 0.444. The van der Waals surface area contributed by atoms with Crippen LogP contribution in [0.1, 0.15) is 24.8 Å². The number of fused-ring (bicyclic) bond motifs is 1. The van der Waals surface area contributed by atoms with Gasteiger partial charge in [-0.05, 0) is 28.9 Å². The Balaban J connectivity index is 1.71. The van der Waals surface area contributed by atoms with Crippen molar-refractivity contribution in [3.05, 3.63) is 28.7 Å². The molecule has 5 rings (SSSR count). The number of aromatic hydroxyl groups is 2. The summed E-state index contributed by atoms with van der Waals surface area (Å²) in [6.45, 7) is 2.96. The molecule has 10 nitrogen and oxygen atoms in total. The first-order valence-electron chi connectivity index (χ1n) is 9.48. The van der Waals surface area contributed by atoms with Gasteiger partial charge < -0.3 is 20.3 Å². The average molecular weight is 384 g/mol. The van der Waals surface area contributed by atoms with Gasteiger partial charge in [0, 0.05) is 30.7 Å². The van der Waals surface area contributed by atoms with E-state index in [-0.39, 0.29) is 11.8 Å². The zero-order valence-corrected chi connectivity index (χ0v) is 15.3. The second kappa shape index (κ2) is 6.79. The number of ether oxygens (including phenoxy) is 1. The van der Waals surface area contributed by atoms with E-state index in [2.05, 4.69) is 20.0 Å². The summed E-state index contributed by atoms with van der Waals surface area (Å²) in [7, 11) is 0. The Labute approximate surface area is 159 Å². The normalized spacial score (nSPS) is 20.5. The number of aromatic nitrogens is 5. The number of anilines is 1. The Morgan fingerprint density at radius 3 is 2.93 bits per heavy atom. The molecule has 0 amide bonds. The molecule has 0 unspecified atom stereocenters. The van der Waals surface area contributed by atoms with Crippen molar-refractivity contribution in [1.82, 2.24) is 29.1 Å². The van der Waals surface area contributed by atoms with Crippen LogP contribution in [0.5, 0.6) is 11.8 Å². The summed E-state index contributed by atoms with van der Waals surface area (Å²) >= 11 is 0. The Kier molecular flexibility index (Phi) is 4.12. The highest BCUT2D eigenvalue weighted by Gasteiger charge is 2.26. The summed E-state index contributed by atoms with van der Waals surface area (Å²) < 4.78 is 9.36. The van der Waals surface area contributed by atoms with Crippen LogP contribution >= 0.6 is 0 Å². The minimum atomic E-state index is -0.105. The maximum atomic E-state index is 9.93. The smallest absolute Gasteiger partial charge is 0.434 e. The molecule has 4 heterocycles. The maximum Gasteiger partial charge on any atom is 0.434 e. The quantitative estimate of drug-likeness (QED) is 0.435. The molecule has 0 radical (unpaired) electrons. The molecular formula is C18H22N7O3+. The molecule has 28 heavy (non-hydrogen) atoms. The van der Waals surface area contributed by atoms with Crippen LogP contribution in [0.3, 0.4) is 0 Å². The molecule has 1 aliphatic heterocycles. The van der Waals surface area contributed by atoms with Crippen molar-refractivity contribution >= 4 is 17.7 Å². The second-order valence-electron chi connectivity index (χ2n) is 7.16. The predicted octanol–water partition coefficient (Wildman–Crippen LogP) is -0.822.